The third-order valence-electron chi connectivity index (χ3n) is 3.30. The first-order chi connectivity index (χ1) is 11.1. The van der Waals surface area contributed by atoms with Crippen LogP contribution in [0, 0.1) is 5.82 Å². The van der Waals surface area contributed by atoms with Gasteiger partial charge in [-0.15, -0.1) is 0 Å². The Morgan fingerprint density at radius 2 is 1.74 bits per heavy atom. The third-order valence-corrected chi connectivity index (χ3v) is 3.30. The topological polar surface area (TPSA) is 55.4 Å². The molecule has 0 spiro atoms. The molecule has 0 radical (unpaired) electrons. The SMILES string of the molecule is CC(=O)N[C@@H](CC(=O)OCc1ccccc1F)c1ccccc1. The van der Waals surface area contributed by atoms with Gasteiger partial charge < -0.3 is 10.1 Å². The van der Waals surface area contributed by atoms with E-state index in [-0.39, 0.29) is 18.9 Å². The van der Waals surface area contributed by atoms with E-state index in [4.69, 9.17) is 4.74 Å². The lowest BCUT2D eigenvalue weighted by atomic mass is 10.0. The minimum atomic E-state index is -0.504. The summed E-state index contributed by atoms with van der Waals surface area (Å²) >= 11 is 0. The number of carbonyl (C=O) groups excluding carboxylic acids is 2. The van der Waals surface area contributed by atoms with Crippen LogP contribution in [0.3, 0.4) is 0 Å². The van der Waals surface area contributed by atoms with E-state index in [9.17, 15) is 14.0 Å². The molecule has 2 aromatic carbocycles. The van der Waals surface area contributed by atoms with Crippen molar-refractivity contribution in [3.05, 3.63) is 71.5 Å². The van der Waals surface area contributed by atoms with Gasteiger partial charge in [-0.1, -0.05) is 48.5 Å². The molecule has 4 nitrogen and oxygen atoms in total. The van der Waals surface area contributed by atoms with Gasteiger partial charge in [0.05, 0.1) is 12.5 Å². The van der Waals surface area contributed by atoms with E-state index in [2.05, 4.69) is 5.32 Å². The number of benzene rings is 2. The summed E-state index contributed by atoms with van der Waals surface area (Å²) in [5.41, 5.74) is 1.13. The van der Waals surface area contributed by atoms with Gasteiger partial charge in [0.15, 0.2) is 0 Å². The van der Waals surface area contributed by atoms with Crippen LogP contribution in [0.1, 0.15) is 30.5 Å². The third kappa shape index (κ3) is 5.21. The lowest BCUT2D eigenvalue weighted by Gasteiger charge is -2.17. The van der Waals surface area contributed by atoms with Gasteiger partial charge in [0.25, 0.3) is 0 Å². The number of ether oxygens (including phenoxy) is 1. The fraction of sp³-hybridized carbons (Fsp3) is 0.222. The average molecular weight is 315 g/mol. The molecule has 0 aliphatic rings. The van der Waals surface area contributed by atoms with Crippen molar-refractivity contribution in [3.8, 4) is 0 Å². The van der Waals surface area contributed by atoms with Crippen LogP contribution < -0.4 is 5.32 Å². The van der Waals surface area contributed by atoms with Crippen molar-refractivity contribution < 1.29 is 18.7 Å². The first-order valence-electron chi connectivity index (χ1n) is 7.27. The van der Waals surface area contributed by atoms with Crippen molar-refractivity contribution in [2.45, 2.75) is 26.0 Å². The maximum Gasteiger partial charge on any atom is 0.308 e. The lowest BCUT2D eigenvalue weighted by molar-refractivity contribution is -0.145. The number of hydrogen-bond acceptors (Lipinski definition) is 3. The Morgan fingerprint density at radius 3 is 2.39 bits per heavy atom. The lowest BCUT2D eigenvalue weighted by Crippen LogP contribution is -2.28. The number of amides is 1. The molecule has 0 heterocycles. The summed E-state index contributed by atoms with van der Waals surface area (Å²) in [7, 11) is 0. The summed E-state index contributed by atoms with van der Waals surface area (Å²) in [5, 5.41) is 2.72. The Kier molecular flexibility index (Phi) is 5.86. The van der Waals surface area contributed by atoms with E-state index in [1.807, 2.05) is 30.3 Å². The smallest absolute Gasteiger partial charge is 0.308 e. The summed E-state index contributed by atoms with van der Waals surface area (Å²) in [6, 6.07) is 14.8. The van der Waals surface area contributed by atoms with Crippen LogP contribution in [0.2, 0.25) is 0 Å². The number of nitrogens with one attached hydrogen (secondary N) is 1. The van der Waals surface area contributed by atoms with E-state index in [0.717, 1.165) is 5.56 Å². The quantitative estimate of drug-likeness (QED) is 0.833. The van der Waals surface area contributed by atoms with E-state index in [1.54, 1.807) is 18.2 Å². The largest absolute Gasteiger partial charge is 0.461 e. The summed E-state index contributed by atoms with van der Waals surface area (Å²) in [6.45, 7) is 1.26. The average Bonchev–Trinajstić information content (AvgIpc) is 2.54. The van der Waals surface area contributed by atoms with Gasteiger partial charge in [0, 0.05) is 12.5 Å². The van der Waals surface area contributed by atoms with Crippen LogP contribution in [0.25, 0.3) is 0 Å². The number of esters is 1. The molecule has 0 aliphatic heterocycles. The Bertz CT molecular complexity index is 673. The van der Waals surface area contributed by atoms with Crippen molar-refractivity contribution >= 4 is 11.9 Å². The highest BCUT2D eigenvalue weighted by atomic mass is 19.1. The summed E-state index contributed by atoms with van der Waals surface area (Å²) < 4.78 is 18.6. The van der Waals surface area contributed by atoms with E-state index in [0.29, 0.717) is 5.56 Å². The number of rotatable bonds is 6. The van der Waals surface area contributed by atoms with E-state index in [1.165, 1.54) is 13.0 Å². The molecule has 0 aromatic heterocycles. The van der Waals surface area contributed by atoms with Crippen molar-refractivity contribution in [2.75, 3.05) is 0 Å². The van der Waals surface area contributed by atoms with Gasteiger partial charge in [0.2, 0.25) is 5.91 Å². The Balaban J connectivity index is 1.98. The van der Waals surface area contributed by atoms with E-state index < -0.39 is 17.8 Å². The van der Waals surface area contributed by atoms with Gasteiger partial charge in [-0.25, -0.2) is 4.39 Å². The van der Waals surface area contributed by atoms with Crippen LogP contribution >= 0.6 is 0 Å². The minimum Gasteiger partial charge on any atom is -0.461 e. The van der Waals surface area contributed by atoms with Crippen molar-refractivity contribution in [1.29, 1.82) is 0 Å². The van der Waals surface area contributed by atoms with Gasteiger partial charge in [-0.05, 0) is 11.6 Å². The number of hydrogen-bond donors (Lipinski definition) is 1. The van der Waals surface area contributed by atoms with E-state index >= 15 is 0 Å². The number of carbonyl (C=O) groups is 2. The molecule has 1 N–H and O–H groups in total. The van der Waals surface area contributed by atoms with Crippen LogP contribution in [-0.4, -0.2) is 11.9 Å². The Labute approximate surface area is 134 Å². The monoisotopic (exact) mass is 315 g/mol. The molecule has 1 amide bonds. The van der Waals surface area contributed by atoms with Gasteiger partial charge in [-0.2, -0.15) is 0 Å². The first-order valence-corrected chi connectivity index (χ1v) is 7.27. The normalized spacial score (nSPS) is 11.6. The molecule has 0 aliphatic carbocycles. The standard InChI is InChI=1S/C18H18FNO3/c1-13(21)20-17(14-7-3-2-4-8-14)11-18(22)23-12-15-9-5-6-10-16(15)19/h2-10,17H,11-12H2,1H3,(H,20,21)/t17-/m0/s1. The summed E-state index contributed by atoms with van der Waals surface area (Å²) in [6.07, 6.45) is -0.0158. The second kappa shape index (κ2) is 8.08. The zero-order chi connectivity index (χ0) is 16.7. The van der Waals surface area contributed by atoms with Crippen LogP contribution in [0.15, 0.2) is 54.6 Å². The fourth-order valence-electron chi connectivity index (χ4n) is 2.18. The van der Waals surface area contributed by atoms with Crippen molar-refractivity contribution in [2.24, 2.45) is 0 Å². The zero-order valence-corrected chi connectivity index (χ0v) is 12.8. The minimum absolute atomic E-state index is 0.0158. The Morgan fingerprint density at radius 1 is 1.09 bits per heavy atom. The molecular weight excluding hydrogens is 297 g/mol. The number of halogens is 1. The highest BCUT2D eigenvalue weighted by Crippen LogP contribution is 2.18. The van der Waals surface area contributed by atoms with Crippen molar-refractivity contribution in [1.82, 2.24) is 5.32 Å². The Hall–Kier alpha value is -2.69. The molecule has 23 heavy (non-hydrogen) atoms. The van der Waals surface area contributed by atoms with Crippen LogP contribution in [-0.2, 0) is 20.9 Å². The molecule has 120 valence electrons. The molecule has 0 unspecified atom stereocenters. The molecule has 1 atom stereocenters. The maximum atomic E-state index is 13.5. The molecule has 0 saturated carbocycles. The van der Waals surface area contributed by atoms with Crippen molar-refractivity contribution in [3.63, 3.8) is 0 Å². The first kappa shape index (κ1) is 16.7. The molecule has 2 rings (SSSR count). The highest BCUT2D eigenvalue weighted by Gasteiger charge is 2.18. The van der Waals surface area contributed by atoms with Gasteiger partial charge >= 0.3 is 5.97 Å². The maximum absolute atomic E-state index is 13.5. The molecule has 0 fully saturated rings. The van der Waals surface area contributed by atoms with Crippen LogP contribution in [0.4, 0.5) is 4.39 Å². The van der Waals surface area contributed by atoms with Gasteiger partial charge in [-0.3, -0.25) is 9.59 Å². The summed E-state index contributed by atoms with van der Waals surface area (Å²) in [4.78, 5) is 23.3. The molecule has 2 aromatic rings. The zero-order valence-electron chi connectivity index (χ0n) is 12.8. The second-order valence-corrected chi connectivity index (χ2v) is 5.12. The molecular formula is C18H18FNO3. The molecule has 5 heteroatoms. The van der Waals surface area contributed by atoms with Gasteiger partial charge in [0.1, 0.15) is 12.4 Å². The predicted octanol–water partition coefficient (Wildman–Crippen LogP) is 3.14. The molecule has 0 saturated heterocycles. The summed E-state index contributed by atoms with van der Waals surface area (Å²) in [5.74, 6) is -1.15. The predicted molar refractivity (Wildman–Crippen MR) is 83.8 cm³/mol. The van der Waals surface area contributed by atoms with Crippen LogP contribution in [0.5, 0.6) is 0 Å². The fourth-order valence-corrected chi connectivity index (χ4v) is 2.18. The highest BCUT2D eigenvalue weighted by molar-refractivity contribution is 5.76. The second-order valence-electron chi connectivity index (χ2n) is 5.12. The molecule has 0 bridgehead atoms.